The third-order valence-corrected chi connectivity index (χ3v) is 9.20. The number of nitrogens with zero attached hydrogens (tertiary/aromatic N) is 6. The molecule has 1 aromatic carbocycles. The van der Waals surface area contributed by atoms with E-state index in [-0.39, 0.29) is 5.82 Å². The molecule has 0 atom stereocenters. The predicted octanol–water partition coefficient (Wildman–Crippen LogP) is 6.83. The molecule has 0 aliphatic carbocycles. The molecule has 2 N–H and O–H groups in total. The molecule has 0 unspecified atom stereocenters. The van der Waals surface area contributed by atoms with Gasteiger partial charge in [-0.15, -0.1) is 0 Å². The van der Waals surface area contributed by atoms with Gasteiger partial charge in [-0.2, -0.15) is 5.10 Å². The summed E-state index contributed by atoms with van der Waals surface area (Å²) in [5.41, 5.74) is 8.37. The molecule has 5 aromatic heterocycles. The van der Waals surface area contributed by atoms with Crippen molar-refractivity contribution in [1.82, 2.24) is 39.9 Å². The molecule has 2 aliphatic rings. The van der Waals surface area contributed by atoms with Crippen LogP contribution in [0.25, 0.3) is 55.8 Å². The summed E-state index contributed by atoms with van der Waals surface area (Å²) in [7, 11) is 0. The van der Waals surface area contributed by atoms with E-state index >= 15 is 0 Å². The predicted molar refractivity (Wildman–Crippen MR) is 178 cm³/mol. The minimum Gasteiger partial charge on any atom is -0.492 e. The number of aromatic nitrogens is 6. The van der Waals surface area contributed by atoms with E-state index in [4.69, 9.17) is 9.72 Å². The Morgan fingerprint density at radius 1 is 0.848 bits per heavy atom. The van der Waals surface area contributed by atoms with Crippen molar-refractivity contribution in [2.75, 3.05) is 39.3 Å². The number of benzene rings is 1. The van der Waals surface area contributed by atoms with E-state index in [2.05, 4.69) is 41.0 Å². The van der Waals surface area contributed by atoms with Crippen molar-refractivity contribution >= 4 is 22.1 Å². The molecule has 234 valence electrons. The molecule has 2 aliphatic heterocycles. The van der Waals surface area contributed by atoms with Crippen molar-refractivity contribution in [3.8, 4) is 39.5 Å². The van der Waals surface area contributed by atoms with Gasteiger partial charge in [0.05, 0.1) is 16.9 Å². The Hall–Kier alpha value is -4.67. The second kappa shape index (κ2) is 12.6. The van der Waals surface area contributed by atoms with E-state index < -0.39 is 0 Å². The van der Waals surface area contributed by atoms with Crippen LogP contribution in [0.2, 0.25) is 0 Å². The number of halogens is 1. The number of fused-ring (bicyclic) bond motifs is 2. The van der Waals surface area contributed by atoms with Crippen LogP contribution < -0.4 is 4.74 Å². The lowest BCUT2D eigenvalue weighted by Crippen LogP contribution is -2.29. The van der Waals surface area contributed by atoms with Crippen molar-refractivity contribution in [2.24, 2.45) is 0 Å². The first kappa shape index (κ1) is 28.8. The molecule has 46 heavy (non-hydrogen) atoms. The summed E-state index contributed by atoms with van der Waals surface area (Å²) in [4.78, 5) is 22.5. The first-order valence-corrected chi connectivity index (χ1v) is 16.3. The number of rotatable bonds is 9. The third kappa shape index (κ3) is 5.98. The Kier molecular flexibility index (Phi) is 7.89. The smallest absolute Gasteiger partial charge is 0.138 e. The van der Waals surface area contributed by atoms with Crippen molar-refractivity contribution in [1.29, 1.82) is 0 Å². The van der Waals surface area contributed by atoms with Crippen molar-refractivity contribution in [3.05, 3.63) is 78.5 Å². The van der Waals surface area contributed by atoms with Gasteiger partial charge in [0.2, 0.25) is 0 Å². The molecular formula is C36H37FN8O. The van der Waals surface area contributed by atoms with Crippen LogP contribution in [0.5, 0.6) is 5.75 Å². The minimum absolute atomic E-state index is 0.334. The van der Waals surface area contributed by atoms with Gasteiger partial charge in [0.15, 0.2) is 0 Å². The molecular weight excluding hydrogens is 579 g/mol. The molecule has 0 radical (unpaired) electrons. The maximum atomic E-state index is 14.8. The van der Waals surface area contributed by atoms with E-state index in [1.807, 2.05) is 42.7 Å². The lowest BCUT2D eigenvalue weighted by atomic mass is 10.0. The number of piperidine rings is 1. The first-order valence-electron chi connectivity index (χ1n) is 16.3. The fourth-order valence-electron chi connectivity index (χ4n) is 6.84. The summed E-state index contributed by atoms with van der Waals surface area (Å²) in [5, 5.41) is 8.63. The van der Waals surface area contributed by atoms with Crippen LogP contribution in [0.3, 0.4) is 0 Å². The molecule has 2 saturated heterocycles. The zero-order chi connectivity index (χ0) is 30.9. The number of H-pyrrole nitrogens is 2. The van der Waals surface area contributed by atoms with Crippen LogP contribution >= 0.6 is 0 Å². The Morgan fingerprint density at radius 3 is 2.59 bits per heavy atom. The number of likely N-dealkylation sites (tertiary alicyclic amines) is 2. The Balaban J connectivity index is 1.08. The van der Waals surface area contributed by atoms with Crippen LogP contribution in [-0.4, -0.2) is 79.3 Å². The molecule has 9 nitrogen and oxygen atoms in total. The van der Waals surface area contributed by atoms with Gasteiger partial charge in [0.25, 0.3) is 0 Å². The number of nitrogens with one attached hydrogen (secondary N) is 2. The van der Waals surface area contributed by atoms with Gasteiger partial charge in [-0.3, -0.25) is 19.9 Å². The topological polar surface area (TPSA) is 98.8 Å². The molecule has 0 spiro atoms. The maximum absolute atomic E-state index is 14.8. The van der Waals surface area contributed by atoms with Crippen molar-refractivity contribution in [3.63, 3.8) is 0 Å². The molecule has 6 aromatic rings. The number of ether oxygens (including phenoxy) is 1. The summed E-state index contributed by atoms with van der Waals surface area (Å²) in [6, 6.07) is 15.0. The Labute approximate surface area is 266 Å². The van der Waals surface area contributed by atoms with Crippen LogP contribution in [0, 0.1) is 5.82 Å². The monoisotopic (exact) mass is 616 g/mol. The van der Waals surface area contributed by atoms with E-state index in [9.17, 15) is 4.39 Å². The number of hydrogen-bond acceptors (Lipinski definition) is 7. The number of aromatic amines is 2. The summed E-state index contributed by atoms with van der Waals surface area (Å²) in [6.45, 7) is 6.77. The first-order chi connectivity index (χ1) is 22.7. The van der Waals surface area contributed by atoms with Crippen LogP contribution in [0.15, 0.2) is 67.1 Å². The van der Waals surface area contributed by atoms with Crippen LogP contribution in [-0.2, 0) is 6.54 Å². The SMILES string of the molecule is Fc1cc(OCCN2CCCC2)cc(-c2ccnc3[nH]c(-c4n[nH]c5ccc(-c6cncc(CN7CCCCC7)c6)nc45)cc23)c1. The summed E-state index contributed by atoms with van der Waals surface area (Å²) >= 11 is 0. The standard InChI is InChI=1S/C36H37FN8O/c37-27-17-25(18-28(19-27)46-15-14-44-10-4-5-11-44)29-8-9-39-36-30(29)20-33(41-36)35-34-32(42-43-35)7-6-31(40-34)26-16-24(21-38-22-26)23-45-12-2-1-3-13-45/h6-9,16-22H,1-5,10-15,23H2,(H,39,41)(H,42,43). The zero-order valence-electron chi connectivity index (χ0n) is 25.8. The normalized spacial score (nSPS) is 16.1. The Bertz CT molecular complexity index is 1990. The third-order valence-electron chi connectivity index (χ3n) is 9.20. The van der Waals surface area contributed by atoms with Crippen molar-refractivity contribution < 1.29 is 9.13 Å². The average molecular weight is 617 g/mol. The molecule has 0 amide bonds. The van der Waals surface area contributed by atoms with E-state index in [0.29, 0.717) is 23.7 Å². The van der Waals surface area contributed by atoms with Gasteiger partial charge in [0.1, 0.15) is 35.0 Å². The summed E-state index contributed by atoms with van der Waals surface area (Å²) < 4.78 is 20.8. The molecule has 0 saturated carbocycles. The highest BCUT2D eigenvalue weighted by Crippen LogP contribution is 2.35. The molecule has 10 heteroatoms. The molecule has 8 rings (SSSR count). The zero-order valence-corrected chi connectivity index (χ0v) is 25.8. The van der Waals surface area contributed by atoms with Crippen LogP contribution in [0.4, 0.5) is 4.39 Å². The van der Waals surface area contributed by atoms with E-state index in [1.54, 1.807) is 12.3 Å². The average Bonchev–Trinajstić information content (AvgIpc) is 3.85. The van der Waals surface area contributed by atoms with E-state index in [1.165, 1.54) is 43.7 Å². The van der Waals surface area contributed by atoms with Gasteiger partial charge in [0, 0.05) is 48.7 Å². The largest absolute Gasteiger partial charge is 0.492 e. The maximum Gasteiger partial charge on any atom is 0.138 e. The number of hydrogen-bond donors (Lipinski definition) is 2. The fraction of sp³-hybridized carbons (Fsp3) is 0.333. The second-order valence-electron chi connectivity index (χ2n) is 12.5. The van der Waals surface area contributed by atoms with Gasteiger partial charge in [-0.25, -0.2) is 14.4 Å². The van der Waals surface area contributed by atoms with Gasteiger partial charge < -0.3 is 9.72 Å². The lowest BCUT2D eigenvalue weighted by Gasteiger charge is -2.26. The van der Waals surface area contributed by atoms with E-state index in [0.717, 1.165) is 83.8 Å². The Morgan fingerprint density at radius 2 is 1.70 bits per heavy atom. The summed E-state index contributed by atoms with van der Waals surface area (Å²) in [6.07, 6.45) is 11.9. The molecule has 0 bridgehead atoms. The second-order valence-corrected chi connectivity index (χ2v) is 12.5. The van der Waals surface area contributed by atoms with Gasteiger partial charge in [-0.1, -0.05) is 6.42 Å². The highest BCUT2D eigenvalue weighted by atomic mass is 19.1. The van der Waals surface area contributed by atoms with Gasteiger partial charge in [-0.05, 0) is 111 Å². The van der Waals surface area contributed by atoms with Gasteiger partial charge >= 0.3 is 0 Å². The fourth-order valence-corrected chi connectivity index (χ4v) is 6.84. The highest BCUT2D eigenvalue weighted by molar-refractivity contribution is 5.99. The van der Waals surface area contributed by atoms with Crippen molar-refractivity contribution in [2.45, 2.75) is 38.6 Å². The number of pyridine rings is 3. The summed E-state index contributed by atoms with van der Waals surface area (Å²) in [5.74, 6) is 0.193. The molecule has 7 heterocycles. The highest BCUT2D eigenvalue weighted by Gasteiger charge is 2.18. The lowest BCUT2D eigenvalue weighted by molar-refractivity contribution is 0.220. The van der Waals surface area contributed by atoms with Crippen LogP contribution in [0.1, 0.15) is 37.7 Å². The quantitative estimate of drug-likeness (QED) is 0.184. The minimum atomic E-state index is -0.334. The molecule has 2 fully saturated rings.